The topological polar surface area (TPSA) is 18.1 Å². The number of furan rings is 1. The number of hydrogen-bond donors (Lipinski definition) is 0. The molecule has 2 aliphatic rings. The van der Waals surface area contributed by atoms with Gasteiger partial charge in [0.25, 0.3) is 0 Å². The molecule has 0 radical (unpaired) electrons. The molecule has 0 aliphatic heterocycles. The number of rotatable bonds is 5. The van der Waals surface area contributed by atoms with E-state index in [2.05, 4.69) is 229 Å². The highest BCUT2D eigenvalue weighted by molar-refractivity contribution is 6.14. The van der Waals surface area contributed by atoms with E-state index in [-0.39, 0.29) is 5.92 Å². The van der Waals surface area contributed by atoms with Gasteiger partial charge in [0.1, 0.15) is 11.2 Å². The minimum absolute atomic E-state index is 0.122. The summed E-state index contributed by atoms with van der Waals surface area (Å²) in [4.78, 5) is 0. The predicted molar refractivity (Wildman–Crippen MR) is 278 cm³/mol. The highest BCUT2D eigenvalue weighted by atomic mass is 16.3. The van der Waals surface area contributed by atoms with Crippen molar-refractivity contribution in [3.63, 3.8) is 0 Å². The molecule has 2 nitrogen and oxygen atoms in total. The van der Waals surface area contributed by atoms with Gasteiger partial charge in [0.05, 0.1) is 11.0 Å². The third kappa shape index (κ3) is 6.10. The Bertz CT molecular complexity index is 3890. The van der Waals surface area contributed by atoms with Gasteiger partial charge < -0.3 is 8.98 Å². The standard InChI is InChI=1S/C65H45NO/c1-4-15-41(16-5-1)44-28-27-42-17-10-11-22-50(42)54-38-48(30-29-47(54)35-44)51-24-14-26-63-65(51)59-37-46(32-34-62(59)67-63)45-31-33-53-55(36-45)56-39-57-52-23-12-13-25-60(52)66(49-20-8-3-9-21-49)61(57)40-58(56)64(53)43-18-6-2-7-19-43/h1-26,29-34,36-40,44,64H,27-28,35H2. The molecule has 2 aliphatic carbocycles. The summed E-state index contributed by atoms with van der Waals surface area (Å²) < 4.78 is 9.10. The molecule has 2 atom stereocenters. The predicted octanol–water partition coefficient (Wildman–Crippen LogP) is 17.1. The zero-order valence-electron chi connectivity index (χ0n) is 37.0. The summed E-state index contributed by atoms with van der Waals surface area (Å²) in [5.74, 6) is 0.592. The van der Waals surface area contributed by atoms with E-state index in [1.807, 2.05) is 0 Å². The normalized spacial score (nSPS) is 15.3. The molecule has 10 aromatic carbocycles. The van der Waals surface area contributed by atoms with Crippen LogP contribution < -0.4 is 0 Å². The third-order valence-corrected chi connectivity index (χ3v) is 15.0. The van der Waals surface area contributed by atoms with E-state index < -0.39 is 0 Å². The van der Waals surface area contributed by atoms with E-state index >= 15 is 0 Å². The van der Waals surface area contributed by atoms with Crippen LogP contribution in [0.2, 0.25) is 0 Å². The second kappa shape index (κ2) is 15.2. The molecule has 2 unspecified atom stereocenters. The van der Waals surface area contributed by atoms with E-state index in [1.54, 1.807) is 0 Å². The average molecular weight is 856 g/mol. The Morgan fingerprint density at radius 2 is 1.07 bits per heavy atom. The van der Waals surface area contributed by atoms with Gasteiger partial charge in [0.2, 0.25) is 0 Å². The monoisotopic (exact) mass is 855 g/mol. The van der Waals surface area contributed by atoms with Crippen LogP contribution in [0.25, 0.3) is 93.9 Å². The molecule has 14 rings (SSSR count). The van der Waals surface area contributed by atoms with E-state index in [9.17, 15) is 0 Å². The molecule has 12 aromatic rings. The number of aromatic nitrogens is 1. The Labute approximate surface area is 390 Å². The van der Waals surface area contributed by atoms with Crippen LogP contribution in [0.15, 0.2) is 229 Å². The van der Waals surface area contributed by atoms with Crippen LogP contribution >= 0.6 is 0 Å². The van der Waals surface area contributed by atoms with Crippen LogP contribution in [0, 0.1) is 0 Å². The van der Waals surface area contributed by atoms with Crippen molar-refractivity contribution in [2.75, 3.05) is 0 Å². The SMILES string of the molecule is c1ccc(C2CCc3ccccc3-c3cc(-c4cccc5oc6ccc(-c7ccc8c(c7)-c7cc9c%10ccccc%10n(-c%10ccccc%10)c9cc7C8c7ccccc7)cc6c45)ccc3C2)cc1. The lowest BCUT2D eigenvalue weighted by molar-refractivity contribution is 0.618. The summed E-state index contributed by atoms with van der Waals surface area (Å²) in [6.45, 7) is 0. The molecule has 2 aromatic heterocycles. The van der Waals surface area contributed by atoms with E-state index in [0.717, 1.165) is 41.2 Å². The quantitative estimate of drug-likeness (QED) is 0.169. The Morgan fingerprint density at radius 1 is 0.388 bits per heavy atom. The number of fused-ring (bicyclic) bond motifs is 12. The highest BCUT2D eigenvalue weighted by Crippen LogP contribution is 2.52. The molecule has 0 amide bonds. The molecule has 0 saturated carbocycles. The maximum absolute atomic E-state index is 6.67. The fraction of sp³-hybridized carbons (Fsp3) is 0.0769. The van der Waals surface area contributed by atoms with Gasteiger partial charge in [0.15, 0.2) is 0 Å². The van der Waals surface area contributed by atoms with Crippen molar-refractivity contribution in [2.45, 2.75) is 31.1 Å². The van der Waals surface area contributed by atoms with Gasteiger partial charge in [-0.1, -0.05) is 164 Å². The smallest absolute Gasteiger partial charge is 0.136 e. The zero-order chi connectivity index (χ0) is 44.0. The first-order valence-electron chi connectivity index (χ1n) is 23.8. The van der Waals surface area contributed by atoms with Gasteiger partial charge in [-0.25, -0.2) is 0 Å². The van der Waals surface area contributed by atoms with Gasteiger partial charge in [-0.15, -0.1) is 0 Å². The van der Waals surface area contributed by atoms with Gasteiger partial charge in [-0.2, -0.15) is 0 Å². The Balaban J connectivity index is 0.913. The van der Waals surface area contributed by atoms with Crippen molar-refractivity contribution in [1.29, 1.82) is 0 Å². The number of hydrogen-bond acceptors (Lipinski definition) is 1. The minimum Gasteiger partial charge on any atom is -0.456 e. The van der Waals surface area contributed by atoms with E-state index in [4.69, 9.17) is 4.42 Å². The molecule has 0 N–H and O–H groups in total. The molecule has 2 heteroatoms. The summed E-state index contributed by atoms with van der Waals surface area (Å²) in [5.41, 5.74) is 23.8. The second-order valence-electron chi connectivity index (χ2n) is 18.7. The van der Waals surface area contributed by atoms with Crippen molar-refractivity contribution < 1.29 is 4.42 Å². The second-order valence-corrected chi connectivity index (χ2v) is 18.7. The minimum atomic E-state index is 0.122. The van der Waals surface area contributed by atoms with Crippen LogP contribution in [0.1, 0.15) is 51.6 Å². The van der Waals surface area contributed by atoms with E-state index in [1.165, 1.54) is 105 Å². The van der Waals surface area contributed by atoms with Gasteiger partial charge in [-0.05, 0) is 164 Å². The summed E-state index contributed by atoms with van der Waals surface area (Å²) >= 11 is 0. The summed E-state index contributed by atoms with van der Waals surface area (Å²) in [7, 11) is 0. The van der Waals surface area contributed by atoms with Gasteiger partial charge in [-0.3, -0.25) is 0 Å². The molecular weight excluding hydrogens is 811 g/mol. The molecule has 0 bridgehead atoms. The summed E-state index contributed by atoms with van der Waals surface area (Å²) in [6.07, 6.45) is 3.23. The fourth-order valence-electron chi connectivity index (χ4n) is 11.9. The molecule has 2 heterocycles. The van der Waals surface area contributed by atoms with Gasteiger partial charge >= 0.3 is 0 Å². The molecular formula is C65H45NO. The fourth-order valence-corrected chi connectivity index (χ4v) is 11.9. The average Bonchev–Trinajstić information content (AvgIpc) is 4.04. The number of para-hydroxylation sites is 2. The van der Waals surface area contributed by atoms with Crippen molar-refractivity contribution in [3.05, 3.63) is 258 Å². The van der Waals surface area contributed by atoms with Crippen molar-refractivity contribution >= 4 is 43.7 Å². The lowest BCUT2D eigenvalue weighted by atomic mass is 9.79. The summed E-state index contributed by atoms with van der Waals surface area (Å²) in [6, 6.07) is 83.4. The molecule has 0 fully saturated rings. The number of benzene rings is 10. The summed E-state index contributed by atoms with van der Waals surface area (Å²) in [5, 5.41) is 4.84. The molecule has 0 saturated heterocycles. The van der Waals surface area contributed by atoms with Crippen molar-refractivity contribution in [2.24, 2.45) is 0 Å². The van der Waals surface area contributed by atoms with Gasteiger partial charge in [0, 0.05) is 33.2 Å². The third-order valence-electron chi connectivity index (χ3n) is 15.0. The van der Waals surface area contributed by atoms with Crippen LogP contribution in [-0.2, 0) is 12.8 Å². The van der Waals surface area contributed by atoms with Crippen molar-refractivity contribution in [1.82, 2.24) is 4.57 Å². The number of aryl methyl sites for hydroxylation is 1. The molecule has 0 spiro atoms. The maximum Gasteiger partial charge on any atom is 0.136 e. The highest BCUT2D eigenvalue weighted by Gasteiger charge is 2.32. The molecule has 316 valence electrons. The largest absolute Gasteiger partial charge is 0.456 e. The first-order chi connectivity index (χ1) is 33.2. The van der Waals surface area contributed by atoms with Crippen LogP contribution in [0.3, 0.4) is 0 Å². The first-order valence-corrected chi connectivity index (χ1v) is 23.8. The first kappa shape index (κ1) is 38.1. The maximum atomic E-state index is 6.67. The van der Waals surface area contributed by atoms with Crippen LogP contribution in [-0.4, -0.2) is 4.57 Å². The van der Waals surface area contributed by atoms with Crippen molar-refractivity contribution in [3.8, 4) is 50.2 Å². The number of nitrogens with zero attached hydrogens (tertiary/aromatic N) is 1. The zero-order valence-corrected chi connectivity index (χ0v) is 37.0. The Kier molecular flexibility index (Phi) is 8.64. The van der Waals surface area contributed by atoms with Crippen LogP contribution in [0.4, 0.5) is 0 Å². The Hall–Kier alpha value is -8.20. The lowest BCUT2D eigenvalue weighted by Crippen LogP contribution is -2.09. The lowest BCUT2D eigenvalue weighted by Gasteiger charge is -2.25. The molecule has 67 heavy (non-hydrogen) atoms. The van der Waals surface area contributed by atoms with Crippen LogP contribution in [0.5, 0.6) is 0 Å². The Morgan fingerprint density at radius 3 is 1.94 bits per heavy atom. The van der Waals surface area contributed by atoms with E-state index in [0.29, 0.717) is 5.92 Å².